The van der Waals surface area contributed by atoms with E-state index < -0.39 is 23.8 Å². The van der Waals surface area contributed by atoms with Gasteiger partial charge in [-0.15, -0.1) is 0 Å². The molecule has 150 valence electrons. The van der Waals surface area contributed by atoms with Gasteiger partial charge in [0.2, 0.25) is 5.88 Å². The van der Waals surface area contributed by atoms with Crippen molar-refractivity contribution in [3.05, 3.63) is 53.1 Å². The van der Waals surface area contributed by atoms with Gasteiger partial charge in [-0.1, -0.05) is 12.1 Å². The number of morpholine rings is 1. The van der Waals surface area contributed by atoms with Crippen LogP contribution in [-0.4, -0.2) is 44.9 Å². The molecule has 1 atom stereocenters. The highest BCUT2D eigenvalue weighted by Crippen LogP contribution is 2.33. The Kier molecular flexibility index (Phi) is 5.73. The van der Waals surface area contributed by atoms with Crippen molar-refractivity contribution < 1.29 is 32.2 Å². The second kappa shape index (κ2) is 8.05. The van der Waals surface area contributed by atoms with Gasteiger partial charge in [-0.3, -0.25) is 0 Å². The maximum absolute atomic E-state index is 13.0. The molecule has 0 N–H and O–H groups in total. The Morgan fingerprint density at radius 2 is 2.04 bits per heavy atom. The number of nitrogens with zero attached hydrogens (tertiary/aromatic N) is 2. The van der Waals surface area contributed by atoms with Crippen molar-refractivity contribution in [3.63, 3.8) is 0 Å². The summed E-state index contributed by atoms with van der Waals surface area (Å²) in [6, 6.07) is 8.29. The lowest BCUT2D eigenvalue weighted by Gasteiger charge is -2.34. The van der Waals surface area contributed by atoms with Gasteiger partial charge in [-0.25, -0.2) is 4.79 Å². The summed E-state index contributed by atoms with van der Waals surface area (Å²) in [6.07, 6.45) is -4.95. The lowest BCUT2D eigenvalue weighted by atomic mass is 10.0. The van der Waals surface area contributed by atoms with E-state index in [0.29, 0.717) is 31.1 Å². The summed E-state index contributed by atoms with van der Waals surface area (Å²) in [5.41, 5.74) is -0.0814. The summed E-state index contributed by atoms with van der Waals surface area (Å²) in [7, 11) is 2.65. The zero-order valence-corrected chi connectivity index (χ0v) is 15.3. The average Bonchev–Trinajstić information content (AvgIpc) is 2.72. The predicted molar refractivity (Wildman–Crippen MR) is 94.5 cm³/mol. The van der Waals surface area contributed by atoms with E-state index in [1.165, 1.54) is 20.3 Å². The smallest absolute Gasteiger partial charge is 0.416 e. The fourth-order valence-electron chi connectivity index (χ4n) is 3.00. The normalized spacial score (nSPS) is 17.3. The van der Waals surface area contributed by atoms with E-state index in [-0.39, 0.29) is 11.4 Å². The fourth-order valence-corrected chi connectivity index (χ4v) is 3.00. The van der Waals surface area contributed by atoms with Crippen molar-refractivity contribution in [2.24, 2.45) is 0 Å². The summed E-state index contributed by atoms with van der Waals surface area (Å²) >= 11 is 0. The molecule has 1 saturated heterocycles. The first-order valence-corrected chi connectivity index (χ1v) is 8.50. The van der Waals surface area contributed by atoms with Gasteiger partial charge in [-0.05, 0) is 29.8 Å². The van der Waals surface area contributed by atoms with Crippen molar-refractivity contribution in [2.45, 2.75) is 12.3 Å². The quantitative estimate of drug-likeness (QED) is 0.738. The monoisotopic (exact) mass is 396 g/mol. The molecule has 1 fully saturated rings. The number of alkyl halides is 3. The van der Waals surface area contributed by atoms with Gasteiger partial charge in [0.05, 0.1) is 26.4 Å². The molecule has 1 aromatic carbocycles. The Balaban J connectivity index is 1.83. The molecule has 0 amide bonds. The highest BCUT2D eigenvalue weighted by atomic mass is 19.4. The maximum Gasteiger partial charge on any atom is 0.416 e. The van der Waals surface area contributed by atoms with E-state index in [9.17, 15) is 18.0 Å². The molecular formula is C19H19F3N2O4. The molecule has 0 saturated carbocycles. The van der Waals surface area contributed by atoms with Crippen LogP contribution < -0.4 is 9.64 Å². The lowest BCUT2D eigenvalue weighted by molar-refractivity contribution is -0.137. The zero-order valence-electron chi connectivity index (χ0n) is 15.3. The minimum absolute atomic E-state index is 0.117. The number of carbonyl (C=O) groups is 1. The Morgan fingerprint density at radius 3 is 2.71 bits per heavy atom. The largest absolute Gasteiger partial charge is 0.480 e. The Labute approximate surface area is 159 Å². The SMILES string of the molecule is COC(=O)c1ccc(N2CCOC(c3cccc(C(F)(F)F)c3)C2)nc1OC. The molecule has 2 heterocycles. The number of carbonyl (C=O) groups excluding carboxylic acids is 1. The van der Waals surface area contributed by atoms with Crippen LogP contribution in [0.1, 0.15) is 27.6 Å². The summed E-state index contributed by atoms with van der Waals surface area (Å²) in [5, 5.41) is 0. The molecule has 0 bridgehead atoms. The van der Waals surface area contributed by atoms with Gasteiger partial charge >= 0.3 is 12.1 Å². The molecule has 1 aromatic heterocycles. The van der Waals surface area contributed by atoms with Gasteiger partial charge in [0.15, 0.2) is 0 Å². The second-order valence-electron chi connectivity index (χ2n) is 6.15. The summed E-state index contributed by atoms with van der Waals surface area (Å²) in [5.74, 6) is 0.0796. The van der Waals surface area contributed by atoms with Crippen LogP contribution in [0.15, 0.2) is 36.4 Å². The Hall–Kier alpha value is -2.81. The third-order valence-corrected chi connectivity index (χ3v) is 4.42. The van der Waals surface area contributed by atoms with Crippen molar-refractivity contribution in [1.82, 2.24) is 4.98 Å². The molecule has 0 spiro atoms. The van der Waals surface area contributed by atoms with Crippen molar-refractivity contribution >= 4 is 11.8 Å². The summed E-state index contributed by atoms with van der Waals surface area (Å²) in [4.78, 5) is 18.0. The highest BCUT2D eigenvalue weighted by molar-refractivity contribution is 5.92. The number of ether oxygens (including phenoxy) is 3. The molecule has 1 aliphatic rings. The number of esters is 1. The van der Waals surface area contributed by atoms with E-state index in [4.69, 9.17) is 14.2 Å². The number of anilines is 1. The lowest BCUT2D eigenvalue weighted by Crippen LogP contribution is -2.39. The van der Waals surface area contributed by atoms with E-state index in [0.717, 1.165) is 12.1 Å². The predicted octanol–water partition coefficient (Wildman–Crippen LogP) is 3.47. The van der Waals surface area contributed by atoms with E-state index >= 15 is 0 Å². The minimum Gasteiger partial charge on any atom is -0.480 e. The van der Waals surface area contributed by atoms with Gasteiger partial charge in [-0.2, -0.15) is 18.2 Å². The number of benzene rings is 1. The number of aromatic nitrogens is 1. The molecule has 28 heavy (non-hydrogen) atoms. The molecule has 0 aliphatic carbocycles. The van der Waals surface area contributed by atoms with E-state index in [2.05, 4.69) is 4.98 Å². The Morgan fingerprint density at radius 1 is 1.25 bits per heavy atom. The first-order chi connectivity index (χ1) is 13.3. The number of hydrogen-bond donors (Lipinski definition) is 0. The van der Waals surface area contributed by atoms with Crippen molar-refractivity contribution in [1.29, 1.82) is 0 Å². The van der Waals surface area contributed by atoms with Crippen LogP contribution in [0.4, 0.5) is 19.0 Å². The van der Waals surface area contributed by atoms with Gasteiger partial charge in [0.25, 0.3) is 0 Å². The van der Waals surface area contributed by atoms with Gasteiger partial charge in [0, 0.05) is 13.1 Å². The third-order valence-electron chi connectivity index (χ3n) is 4.42. The third kappa shape index (κ3) is 4.19. The van der Waals surface area contributed by atoms with Crippen molar-refractivity contribution in [3.8, 4) is 5.88 Å². The fraction of sp³-hybridized carbons (Fsp3) is 0.368. The molecule has 9 heteroatoms. The number of hydrogen-bond acceptors (Lipinski definition) is 6. The van der Waals surface area contributed by atoms with Crippen molar-refractivity contribution in [2.75, 3.05) is 38.8 Å². The van der Waals surface area contributed by atoms with Crippen LogP contribution in [0.5, 0.6) is 5.88 Å². The second-order valence-corrected chi connectivity index (χ2v) is 6.15. The van der Waals surface area contributed by atoms with Crippen LogP contribution in [0.25, 0.3) is 0 Å². The molecule has 1 unspecified atom stereocenters. The van der Waals surface area contributed by atoms with Crippen LogP contribution in [0.2, 0.25) is 0 Å². The molecule has 3 rings (SSSR count). The first kappa shape index (κ1) is 19.9. The van der Waals surface area contributed by atoms with Crippen LogP contribution in [-0.2, 0) is 15.7 Å². The molecule has 2 aromatic rings. The summed E-state index contributed by atoms with van der Waals surface area (Å²) in [6.45, 7) is 1.14. The first-order valence-electron chi connectivity index (χ1n) is 8.50. The molecule has 0 radical (unpaired) electrons. The zero-order chi connectivity index (χ0) is 20.3. The van der Waals surface area contributed by atoms with Crippen LogP contribution in [0, 0.1) is 0 Å². The number of rotatable bonds is 4. The van der Waals surface area contributed by atoms with Crippen LogP contribution in [0.3, 0.4) is 0 Å². The number of methoxy groups -OCH3 is 2. The molecular weight excluding hydrogens is 377 g/mol. The standard InChI is InChI=1S/C19H19F3N2O4/c1-26-17-14(18(25)27-2)6-7-16(23-17)24-8-9-28-15(11-24)12-4-3-5-13(10-12)19(20,21)22/h3-7,10,15H,8-9,11H2,1-2H3. The number of halogens is 3. The van der Waals surface area contributed by atoms with Crippen LogP contribution >= 0.6 is 0 Å². The topological polar surface area (TPSA) is 60.9 Å². The van der Waals surface area contributed by atoms with E-state index in [1.54, 1.807) is 18.2 Å². The highest BCUT2D eigenvalue weighted by Gasteiger charge is 2.32. The van der Waals surface area contributed by atoms with Gasteiger partial charge < -0.3 is 19.1 Å². The maximum atomic E-state index is 13.0. The van der Waals surface area contributed by atoms with E-state index in [1.807, 2.05) is 4.90 Å². The number of pyridine rings is 1. The minimum atomic E-state index is -4.41. The average molecular weight is 396 g/mol. The molecule has 1 aliphatic heterocycles. The van der Waals surface area contributed by atoms with Gasteiger partial charge in [0.1, 0.15) is 17.5 Å². The summed E-state index contributed by atoms with van der Waals surface area (Å²) < 4.78 is 54.5. The Bertz CT molecular complexity index is 857. The molecule has 6 nitrogen and oxygen atoms in total.